The number of nitrogens with zero attached hydrogens (tertiary/aromatic N) is 2. The van der Waals surface area contributed by atoms with E-state index in [1.54, 1.807) is 29.8 Å². The Morgan fingerprint density at radius 1 is 1.38 bits per heavy atom. The molecule has 112 valence electrons. The van der Waals surface area contributed by atoms with E-state index < -0.39 is 11.4 Å². The van der Waals surface area contributed by atoms with Crippen molar-refractivity contribution in [2.75, 3.05) is 7.05 Å². The molecule has 1 aromatic carbocycles. The quantitative estimate of drug-likeness (QED) is 0.899. The summed E-state index contributed by atoms with van der Waals surface area (Å²) in [5.41, 5.74) is 0.707. The van der Waals surface area contributed by atoms with Crippen LogP contribution in [-0.2, 0) is 11.3 Å². The summed E-state index contributed by atoms with van der Waals surface area (Å²) in [6, 6.07) is 5.00. The number of benzene rings is 1. The van der Waals surface area contributed by atoms with Gasteiger partial charge in [0.05, 0.1) is 22.0 Å². The molecule has 1 heterocycles. The van der Waals surface area contributed by atoms with Crippen LogP contribution in [0.25, 0.3) is 11.0 Å². The first-order valence-electron chi connectivity index (χ1n) is 6.69. The first-order valence-corrected chi connectivity index (χ1v) is 6.69. The van der Waals surface area contributed by atoms with Gasteiger partial charge in [-0.05, 0) is 32.9 Å². The molecule has 1 aromatic heterocycles. The van der Waals surface area contributed by atoms with Crippen molar-refractivity contribution < 1.29 is 14.7 Å². The molecule has 0 radical (unpaired) electrons. The number of carboxylic acid groups (broad SMARTS) is 1. The summed E-state index contributed by atoms with van der Waals surface area (Å²) in [6.07, 6.45) is 0. The molecule has 0 saturated heterocycles. The van der Waals surface area contributed by atoms with Gasteiger partial charge in [0.2, 0.25) is 5.91 Å². The zero-order chi connectivity index (χ0) is 15.8. The van der Waals surface area contributed by atoms with Crippen LogP contribution >= 0.6 is 0 Å². The highest BCUT2D eigenvalue weighted by Gasteiger charge is 2.29. The Morgan fingerprint density at radius 2 is 2.05 bits per heavy atom. The first kappa shape index (κ1) is 15.0. The van der Waals surface area contributed by atoms with Crippen LogP contribution in [-0.4, -0.2) is 33.6 Å². The number of carbonyl (C=O) groups excluding carboxylic acids is 1. The molecule has 0 atom stereocenters. The zero-order valence-corrected chi connectivity index (χ0v) is 12.6. The predicted molar refractivity (Wildman–Crippen MR) is 79.3 cm³/mol. The van der Waals surface area contributed by atoms with E-state index in [-0.39, 0.29) is 11.5 Å². The number of aromatic carboxylic acids is 1. The van der Waals surface area contributed by atoms with Gasteiger partial charge in [0.15, 0.2) is 0 Å². The van der Waals surface area contributed by atoms with E-state index in [0.717, 1.165) is 0 Å². The minimum Gasteiger partial charge on any atom is -0.478 e. The third-order valence-electron chi connectivity index (χ3n) is 3.58. The maximum atomic E-state index is 12.0. The molecule has 6 heteroatoms. The smallest absolute Gasteiger partial charge is 0.337 e. The maximum Gasteiger partial charge on any atom is 0.337 e. The Hall–Kier alpha value is -2.37. The molecule has 21 heavy (non-hydrogen) atoms. The molecule has 0 saturated carbocycles. The fourth-order valence-corrected chi connectivity index (χ4v) is 2.47. The van der Waals surface area contributed by atoms with Crippen LogP contribution < -0.4 is 5.32 Å². The van der Waals surface area contributed by atoms with Crippen molar-refractivity contribution in [3.05, 3.63) is 29.6 Å². The fourth-order valence-electron chi connectivity index (χ4n) is 2.47. The maximum absolute atomic E-state index is 12.0. The van der Waals surface area contributed by atoms with Crippen LogP contribution in [0.3, 0.4) is 0 Å². The lowest BCUT2D eigenvalue weighted by atomic mass is 9.92. The Morgan fingerprint density at radius 3 is 2.62 bits per heavy atom. The number of hydrogen-bond donors (Lipinski definition) is 2. The van der Waals surface area contributed by atoms with Gasteiger partial charge in [0.1, 0.15) is 5.82 Å². The molecule has 0 fully saturated rings. The number of carbonyl (C=O) groups is 2. The van der Waals surface area contributed by atoms with Crippen molar-refractivity contribution in [3.63, 3.8) is 0 Å². The Kier molecular flexibility index (Phi) is 3.72. The third kappa shape index (κ3) is 2.61. The number of amides is 1. The minimum absolute atomic E-state index is 0.100. The highest BCUT2D eigenvalue weighted by atomic mass is 16.4. The summed E-state index contributed by atoms with van der Waals surface area (Å²) in [5, 5.41) is 12.0. The van der Waals surface area contributed by atoms with Crippen LogP contribution in [0, 0.1) is 12.3 Å². The average Bonchev–Trinajstić information content (AvgIpc) is 2.73. The van der Waals surface area contributed by atoms with Crippen LogP contribution in [0.1, 0.15) is 30.0 Å². The average molecular weight is 289 g/mol. The van der Waals surface area contributed by atoms with Gasteiger partial charge in [-0.15, -0.1) is 0 Å². The number of hydrogen-bond acceptors (Lipinski definition) is 3. The molecule has 6 nitrogen and oxygen atoms in total. The summed E-state index contributed by atoms with van der Waals surface area (Å²) in [5.74, 6) is -0.410. The standard InChI is InChI=1S/C15H19N3O3/c1-9-17-11-7-5-6-10(13(19)20)12(11)18(9)8-15(2,3)14(21)16-4/h5-7H,8H2,1-4H3,(H,16,21)(H,19,20). The van der Waals surface area contributed by atoms with E-state index in [1.807, 2.05) is 20.8 Å². The monoisotopic (exact) mass is 289 g/mol. The number of fused-ring (bicyclic) bond motifs is 1. The number of para-hydroxylation sites is 1. The van der Waals surface area contributed by atoms with Crippen molar-refractivity contribution in [2.45, 2.75) is 27.3 Å². The summed E-state index contributed by atoms with van der Waals surface area (Å²) in [7, 11) is 1.59. The van der Waals surface area contributed by atoms with Gasteiger partial charge >= 0.3 is 5.97 Å². The second-order valence-electron chi connectivity index (χ2n) is 5.69. The Bertz CT molecular complexity index is 716. The summed E-state index contributed by atoms with van der Waals surface area (Å²) >= 11 is 0. The highest BCUT2D eigenvalue weighted by Crippen LogP contribution is 2.26. The lowest BCUT2D eigenvalue weighted by molar-refractivity contribution is -0.129. The number of rotatable bonds is 4. The number of nitrogens with one attached hydrogen (secondary N) is 1. The van der Waals surface area contributed by atoms with E-state index in [9.17, 15) is 14.7 Å². The Balaban J connectivity index is 2.61. The lowest BCUT2D eigenvalue weighted by Gasteiger charge is -2.24. The van der Waals surface area contributed by atoms with Crippen molar-refractivity contribution in [1.82, 2.24) is 14.9 Å². The van der Waals surface area contributed by atoms with Gasteiger partial charge in [-0.25, -0.2) is 9.78 Å². The number of imidazole rings is 1. The largest absolute Gasteiger partial charge is 0.478 e. The summed E-state index contributed by atoms with van der Waals surface area (Å²) in [4.78, 5) is 27.8. The SMILES string of the molecule is CNC(=O)C(C)(C)Cn1c(C)nc2cccc(C(=O)O)c21. The van der Waals surface area contributed by atoms with Gasteiger partial charge in [-0.1, -0.05) is 6.07 Å². The molecule has 0 aliphatic rings. The first-order chi connectivity index (χ1) is 9.77. The second-order valence-corrected chi connectivity index (χ2v) is 5.69. The zero-order valence-electron chi connectivity index (χ0n) is 12.6. The Labute approximate surface area is 122 Å². The molecule has 2 aromatic rings. The topological polar surface area (TPSA) is 84.2 Å². The molecule has 0 aliphatic heterocycles. The van der Waals surface area contributed by atoms with Crippen molar-refractivity contribution >= 4 is 22.9 Å². The van der Waals surface area contributed by atoms with E-state index in [4.69, 9.17) is 0 Å². The van der Waals surface area contributed by atoms with Crippen LogP contribution in [0.15, 0.2) is 18.2 Å². The van der Waals surface area contributed by atoms with E-state index in [2.05, 4.69) is 10.3 Å². The summed E-state index contributed by atoms with van der Waals surface area (Å²) < 4.78 is 1.80. The van der Waals surface area contributed by atoms with E-state index >= 15 is 0 Å². The highest BCUT2D eigenvalue weighted by molar-refractivity contribution is 6.01. The van der Waals surface area contributed by atoms with Gasteiger partial charge in [-0.3, -0.25) is 4.79 Å². The van der Waals surface area contributed by atoms with Gasteiger partial charge in [0.25, 0.3) is 0 Å². The second kappa shape index (κ2) is 5.20. The molecule has 0 unspecified atom stereocenters. The van der Waals surface area contributed by atoms with Crippen molar-refractivity contribution in [1.29, 1.82) is 0 Å². The van der Waals surface area contributed by atoms with Crippen molar-refractivity contribution in [2.24, 2.45) is 5.41 Å². The molecule has 2 N–H and O–H groups in total. The molecular weight excluding hydrogens is 270 g/mol. The molecule has 1 amide bonds. The van der Waals surface area contributed by atoms with E-state index in [0.29, 0.717) is 23.4 Å². The number of aromatic nitrogens is 2. The predicted octanol–water partition coefficient (Wildman–Crippen LogP) is 1.82. The lowest BCUT2D eigenvalue weighted by Crippen LogP contribution is -2.38. The third-order valence-corrected chi connectivity index (χ3v) is 3.58. The molecule has 0 bridgehead atoms. The number of aryl methyl sites for hydroxylation is 1. The van der Waals surface area contributed by atoms with Crippen LogP contribution in [0.2, 0.25) is 0 Å². The van der Waals surface area contributed by atoms with Crippen molar-refractivity contribution in [3.8, 4) is 0 Å². The summed E-state index contributed by atoms with van der Waals surface area (Å²) in [6.45, 7) is 5.81. The normalized spacial score (nSPS) is 11.6. The fraction of sp³-hybridized carbons (Fsp3) is 0.400. The van der Waals surface area contributed by atoms with Gasteiger partial charge < -0.3 is 15.0 Å². The van der Waals surface area contributed by atoms with Crippen LogP contribution in [0.4, 0.5) is 0 Å². The van der Waals surface area contributed by atoms with Crippen LogP contribution in [0.5, 0.6) is 0 Å². The van der Waals surface area contributed by atoms with E-state index in [1.165, 1.54) is 0 Å². The van der Waals surface area contributed by atoms with Gasteiger partial charge in [0, 0.05) is 13.6 Å². The molecule has 0 aliphatic carbocycles. The number of carboxylic acids is 1. The molecular formula is C15H19N3O3. The van der Waals surface area contributed by atoms with Gasteiger partial charge in [-0.2, -0.15) is 0 Å². The molecule has 0 spiro atoms. The molecule has 2 rings (SSSR count). The minimum atomic E-state index is -1.00.